The van der Waals surface area contributed by atoms with E-state index in [2.05, 4.69) is 20.4 Å². The monoisotopic (exact) mass is 447 g/mol. The number of amides is 1. The lowest BCUT2D eigenvalue weighted by Gasteiger charge is -2.11. The molecule has 0 aliphatic heterocycles. The lowest BCUT2D eigenvalue weighted by atomic mass is 10.1. The Labute approximate surface area is 179 Å². The molecule has 0 radical (unpaired) electrons. The van der Waals surface area contributed by atoms with Crippen LogP contribution in [0.2, 0.25) is 10.0 Å². The molecule has 0 atom stereocenters. The fraction of sp³-hybridized carbons (Fsp3) is 0.158. The average Bonchev–Trinajstić information content (AvgIpc) is 3.25. The molecule has 0 aliphatic rings. The summed E-state index contributed by atoms with van der Waals surface area (Å²) in [6, 6.07) is 6.59. The number of nitrogens with one attached hydrogen (secondary N) is 2. The molecule has 4 rings (SSSR count). The molecule has 1 amide bonds. The van der Waals surface area contributed by atoms with Crippen LogP contribution in [0.25, 0.3) is 16.9 Å². The number of benzene rings is 1. The highest BCUT2D eigenvalue weighted by Crippen LogP contribution is 2.32. The third kappa shape index (κ3) is 3.91. The molecule has 0 aliphatic carbocycles. The number of fused-ring (bicyclic) bond motifs is 1. The number of carbonyl (C=O) groups is 1. The smallest absolute Gasteiger partial charge is 0.266 e. The summed E-state index contributed by atoms with van der Waals surface area (Å²) in [5.41, 5.74) is 3.90. The summed E-state index contributed by atoms with van der Waals surface area (Å²) in [6.45, 7) is 3.65. The zero-order valence-corrected chi connectivity index (χ0v) is 17.7. The number of aromatic nitrogens is 4. The summed E-state index contributed by atoms with van der Waals surface area (Å²) in [6.07, 6.45) is 0.109. The van der Waals surface area contributed by atoms with Crippen molar-refractivity contribution in [2.24, 2.45) is 0 Å². The van der Waals surface area contributed by atoms with Crippen molar-refractivity contribution in [2.75, 3.05) is 5.32 Å². The van der Waals surface area contributed by atoms with Gasteiger partial charge in [-0.3, -0.25) is 14.7 Å². The highest BCUT2D eigenvalue weighted by molar-refractivity contribution is 7.14. The molecule has 29 heavy (non-hydrogen) atoms. The van der Waals surface area contributed by atoms with E-state index < -0.39 is 0 Å². The molecule has 0 spiro atoms. The van der Waals surface area contributed by atoms with Crippen molar-refractivity contribution in [3.8, 4) is 11.3 Å². The number of hydrogen-bond acceptors (Lipinski definition) is 5. The van der Waals surface area contributed by atoms with Gasteiger partial charge in [-0.1, -0.05) is 23.2 Å². The van der Waals surface area contributed by atoms with E-state index in [9.17, 15) is 9.59 Å². The van der Waals surface area contributed by atoms with Gasteiger partial charge in [0, 0.05) is 39.0 Å². The second-order valence-corrected chi connectivity index (χ2v) is 8.16. The minimum atomic E-state index is -0.238. The highest BCUT2D eigenvalue weighted by atomic mass is 35.5. The number of anilines is 1. The van der Waals surface area contributed by atoms with E-state index in [1.165, 1.54) is 17.4 Å². The van der Waals surface area contributed by atoms with E-state index in [0.29, 0.717) is 32.2 Å². The molecule has 1 aromatic carbocycles. The zero-order chi connectivity index (χ0) is 20.7. The Morgan fingerprint density at radius 3 is 2.79 bits per heavy atom. The molecule has 3 heterocycles. The molecule has 4 aromatic rings. The number of hydrogen-bond donors (Lipinski definition) is 2. The van der Waals surface area contributed by atoms with Gasteiger partial charge in [0.1, 0.15) is 0 Å². The van der Waals surface area contributed by atoms with E-state index in [-0.39, 0.29) is 17.9 Å². The zero-order valence-electron chi connectivity index (χ0n) is 15.4. The Morgan fingerprint density at radius 1 is 1.24 bits per heavy atom. The van der Waals surface area contributed by atoms with Crippen LogP contribution >= 0.6 is 34.5 Å². The first-order chi connectivity index (χ1) is 13.8. The van der Waals surface area contributed by atoms with Gasteiger partial charge in [-0.15, -0.1) is 11.3 Å². The largest absolute Gasteiger partial charge is 0.302 e. The fourth-order valence-corrected chi connectivity index (χ4v) is 4.32. The number of nitrogens with zero attached hydrogens (tertiary/aromatic N) is 3. The van der Waals surface area contributed by atoms with Crippen LogP contribution in [-0.4, -0.2) is 25.5 Å². The Balaban J connectivity index is 1.54. The van der Waals surface area contributed by atoms with E-state index in [4.69, 9.17) is 23.2 Å². The average molecular weight is 448 g/mol. The van der Waals surface area contributed by atoms with Crippen LogP contribution in [0, 0.1) is 13.8 Å². The highest BCUT2D eigenvalue weighted by Gasteiger charge is 2.16. The quantitative estimate of drug-likeness (QED) is 0.488. The standard InChI is InChI=1S/C19H15Cl2N5O2S/c1-9-13(10(2)26-16(22-9)7-18(28)25-26)6-17(27)24-19-23-15(8-29-19)12-4-3-11(20)5-14(12)21/h3-5,7-8H,6H2,1-2H3,(H,25,28)(H,23,24,27). The van der Waals surface area contributed by atoms with E-state index >= 15 is 0 Å². The molecule has 2 N–H and O–H groups in total. The normalized spacial score (nSPS) is 11.2. The maximum Gasteiger partial charge on any atom is 0.266 e. The number of aryl methyl sites for hydroxylation is 2. The van der Waals surface area contributed by atoms with Crippen molar-refractivity contribution >= 4 is 51.2 Å². The van der Waals surface area contributed by atoms with Gasteiger partial charge >= 0.3 is 0 Å². The molecule has 10 heteroatoms. The summed E-state index contributed by atoms with van der Waals surface area (Å²) in [5, 5.41) is 8.82. The third-order valence-electron chi connectivity index (χ3n) is 4.50. The van der Waals surface area contributed by atoms with Gasteiger partial charge in [0.15, 0.2) is 10.8 Å². The third-order valence-corrected chi connectivity index (χ3v) is 5.80. The summed E-state index contributed by atoms with van der Waals surface area (Å²) in [4.78, 5) is 33.0. The SMILES string of the molecule is Cc1nc2cc(=O)[nH]n2c(C)c1CC(=O)Nc1nc(-c2ccc(Cl)cc2Cl)cs1. The molecule has 0 fully saturated rings. The molecule has 7 nitrogen and oxygen atoms in total. The molecular formula is C19H15Cl2N5O2S. The predicted molar refractivity (Wildman–Crippen MR) is 115 cm³/mol. The van der Waals surface area contributed by atoms with Crippen molar-refractivity contribution in [3.63, 3.8) is 0 Å². The fourth-order valence-electron chi connectivity index (χ4n) is 3.09. The summed E-state index contributed by atoms with van der Waals surface area (Å²) < 4.78 is 1.59. The second-order valence-electron chi connectivity index (χ2n) is 6.46. The van der Waals surface area contributed by atoms with Gasteiger partial charge in [-0.2, -0.15) is 0 Å². The van der Waals surface area contributed by atoms with Gasteiger partial charge < -0.3 is 5.32 Å². The molecule has 0 bridgehead atoms. The number of halogens is 2. The minimum absolute atomic E-state index is 0.109. The maximum absolute atomic E-state index is 12.6. The molecular weight excluding hydrogens is 433 g/mol. The van der Waals surface area contributed by atoms with E-state index in [0.717, 1.165) is 16.8 Å². The van der Waals surface area contributed by atoms with Gasteiger partial charge in [0.05, 0.1) is 17.1 Å². The number of carbonyl (C=O) groups excluding carboxylic acids is 1. The van der Waals surface area contributed by atoms with Crippen LogP contribution in [0.4, 0.5) is 5.13 Å². The lowest BCUT2D eigenvalue weighted by molar-refractivity contribution is -0.115. The number of thiazole rings is 1. The molecule has 0 saturated carbocycles. The Kier molecular flexibility index (Phi) is 5.16. The van der Waals surface area contributed by atoms with Crippen LogP contribution in [0.3, 0.4) is 0 Å². The maximum atomic E-state index is 12.6. The summed E-state index contributed by atoms with van der Waals surface area (Å²) >= 11 is 13.5. The van der Waals surface area contributed by atoms with Gasteiger partial charge in [-0.25, -0.2) is 14.5 Å². The topological polar surface area (TPSA) is 92.1 Å². The first-order valence-electron chi connectivity index (χ1n) is 8.60. The van der Waals surface area contributed by atoms with Gasteiger partial charge in [0.2, 0.25) is 5.91 Å². The lowest BCUT2D eigenvalue weighted by Crippen LogP contribution is -2.17. The Morgan fingerprint density at radius 2 is 2.03 bits per heavy atom. The van der Waals surface area contributed by atoms with Gasteiger partial charge in [-0.05, 0) is 32.0 Å². The van der Waals surface area contributed by atoms with Crippen LogP contribution in [0.5, 0.6) is 0 Å². The van der Waals surface area contributed by atoms with Crippen LogP contribution < -0.4 is 10.9 Å². The first-order valence-corrected chi connectivity index (χ1v) is 10.2. The molecule has 148 valence electrons. The van der Waals surface area contributed by atoms with E-state index in [1.54, 1.807) is 22.7 Å². The number of aromatic amines is 1. The van der Waals surface area contributed by atoms with Crippen molar-refractivity contribution < 1.29 is 4.79 Å². The number of rotatable bonds is 4. The van der Waals surface area contributed by atoms with Crippen molar-refractivity contribution in [3.05, 3.63) is 67.0 Å². The second kappa shape index (κ2) is 7.62. The first kappa shape index (κ1) is 19.6. The Hall–Kier alpha value is -2.68. The Bertz CT molecular complexity index is 1310. The van der Waals surface area contributed by atoms with Crippen molar-refractivity contribution in [2.45, 2.75) is 20.3 Å². The molecule has 0 saturated heterocycles. The molecule has 3 aromatic heterocycles. The van der Waals surface area contributed by atoms with Crippen molar-refractivity contribution in [1.29, 1.82) is 0 Å². The van der Waals surface area contributed by atoms with Crippen molar-refractivity contribution in [1.82, 2.24) is 19.6 Å². The predicted octanol–water partition coefficient (Wildman–Crippen LogP) is 4.25. The van der Waals surface area contributed by atoms with E-state index in [1.807, 2.05) is 19.2 Å². The minimum Gasteiger partial charge on any atom is -0.302 e. The summed E-state index contributed by atoms with van der Waals surface area (Å²) in [7, 11) is 0. The van der Waals surface area contributed by atoms with Gasteiger partial charge in [0.25, 0.3) is 5.56 Å². The van der Waals surface area contributed by atoms with Crippen LogP contribution in [0.15, 0.2) is 34.4 Å². The van der Waals surface area contributed by atoms with Crippen LogP contribution in [-0.2, 0) is 11.2 Å². The van der Waals surface area contributed by atoms with Crippen LogP contribution in [0.1, 0.15) is 17.0 Å². The molecule has 0 unspecified atom stereocenters. The number of H-pyrrole nitrogens is 1. The summed E-state index contributed by atoms with van der Waals surface area (Å²) in [5.74, 6) is -0.227.